The molecule has 168 valence electrons. The highest BCUT2D eigenvalue weighted by Crippen LogP contribution is 2.31. The number of carbonyl (C=O) groups is 1. The second-order valence-electron chi connectivity index (χ2n) is 8.02. The van der Waals surface area contributed by atoms with Crippen molar-refractivity contribution in [3.05, 3.63) is 65.2 Å². The molecule has 4 rings (SSSR count). The number of hydrogen-bond donors (Lipinski definition) is 1. The maximum atomic E-state index is 12.5. The lowest BCUT2D eigenvalue weighted by Crippen LogP contribution is -2.47. The number of methoxy groups -OCH3 is 1. The Labute approximate surface area is 193 Å². The van der Waals surface area contributed by atoms with Crippen molar-refractivity contribution in [3.8, 4) is 16.3 Å². The van der Waals surface area contributed by atoms with Crippen LogP contribution in [-0.4, -0.2) is 62.2 Å². The summed E-state index contributed by atoms with van der Waals surface area (Å²) in [5, 5.41) is 5.61. The van der Waals surface area contributed by atoms with E-state index in [1.807, 2.05) is 29.6 Å². The zero-order valence-electron chi connectivity index (χ0n) is 18.7. The Morgan fingerprint density at radius 2 is 1.94 bits per heavy atom. The first-order chi connectivity index (χ1) is 15.6. The average molecular weight is 451 g/mol. The molecule has 0 unspecified atom stereocenters. The number of amides is 1. The Kier molecular flexibility index (Phi) is 7.39. The lowest BCUT2D eigenvalue weighted by atomic mass is 10.2. The van der Waals surface area contributed by atoms with Gasteiger partial charge in [-0.1, -0.05) is 24.3 Å². The number of nitrogens with one attached hydrogen (secondary N) is 1. The van der Waals surface area contributed by atoms with Gasteiger partial charge in [0.1, 0.15) is 16.5 Å². The smallest absolute Gasteiger partial charge is 0.270 e. The minimum absolute atomic E-state index is 0.119. The third-order valence-electron chi connectivity index (χ3n) is 5.75. The minimum atomic E-state index is -0.119. The predicted octanol–water partition coefficient (Wildman–Crippen LogP) is 4.07. The monoisotopic (exact) mass is 450 g/mol. The number of para-hydroxylation sites is 1. The molecule has 1 aliphatic rings. The molecule has 0 aliphatic carbocycles. The molecule has 1 saturated heterocycles. The van der Waals surface area contributed by atoms with Crippen LogP contribution in [0.5, 0.6) is 5.75 Å². The second-order valence-corrected chi connectivity index (χ2v) is 8.87. The fraction of sp³-hybridized carbons (Fsp3) is 0.360. The number of aromatic nitrogens is 1. The standard InChI is InChI=1S/C25H30N4O2S/c1-19-7-5-8-20(17-19)29-15-13-28(14-16-29)12-6-11-26-24(30)22-18-32-25(27-22)21-9-3-4-10-23(21)31-2/h3-5,7-10,17-18H,6,11-16H2,1-2H3,(H,26,30). The summed E-state index contributed by atoms with van der Waals surface area (Å²) < 4.78 is 5.40. The lowest BCUT2D eigenvalue weighted by molar-refractivity contribution is 0.0947. The zero-order chi connectivity index (χ0) is 22.3. The second kappa shape index (κ2) is 10.6. The van der Waals surface area contributed by atoms with Crippen LogP contribution >= 0.6 is 11.3 Å². The maximum absolute atomic E-state index is 12.5. The topological polar surface area (TPSA) is 57.7 Å². The molecule has 6 nitrogen and oxygen atoms in total. The van der Waals surface area contributed by atoms with E-state index in [2.05, 4.69) is 51.3 Å². The molecule has 0 bridgehead atoms. The van der Waals surface area contributed by atoms with Gasteiger partial charge in [0.05, 0.1) is 12.7 Å². The third kappa shape index (κ3) is 5.47. The van der Waals surface area contributed by atoms with Crippen molar-refractivity contribution in [2.45, 2.75) is 13.3 Å². The molecule has 2 aromatic carbocycles. The summed E-state index contributed by atoms with van der Waals surface area (Å²) in [6, 6.07) is 16.4. The largest absolute Gasteiger partial charge is 0.496 e. The molecule has 3 aromatic rings. The summed E-state index contributed by atoms with van der Waals surface area (Å²) in [4.78, 5) is 21.9. The highest BCUT2D eigenvalue weighted by Gasteiger charge is 2.17. The fourth-order valence-corrected chi connectivity index (χ4v) is 4.80. The van der Waals surface area contributed by atoms with Crippen molar-refractivity contribution in [2.75, 3.05) is 51.3 Å². The SMILES string of the molecule is COc1ccccc1-c1nc(C(=O)NCCCN2CCN(c3cccc(C)c3)CC2)cs1. The normalized spacial score (nSPS) is 14.4. The predicted molar refractivity (Wildman–Crippen MR) is 131 cm³/mol. The Bertz CT molecular complexity index is 1040. The summed E-state index contributed by atoms with van der Waals surface area (Å²) in [5.74, 6) is 0.642. The van der Waals surface area contributed by atoms with E-state index < -0.39 is 0 Å². The summed E-state index contributed by atoms with van der Waals surface area (Å²) >= 11 is 1.46. The number of anilines is 1. The number of nitrogens with zero attached hydrogens (tertiary/aromatic N) is 3. The van der Waals surface area contributed by atoms with E-state index in [-0.39, 0.29) is 5.91 Å². The highest BCUT2D eigenvalue weighted by molar-refractivity contribution is 7.13. The van der Waals surface area contributed by atoms with Crippen LogP contribution in [-0.2, 0) is 0 Å². The van der Waals surface area contributed by atoms with Crippen molar-refractivity contribution in [1.82, 2.24) is 15.2 Å². The van der Waals surface area contributed by atoms with Crippen molar-refractivity contribution >= 4 is 22.9 Å². The Hall–Kier alpha value is -2.90. The number of benzene rings is 2. The van der Waals surface area contributed by atoms with Crippen LogP contribution < -0.4 is 15.0 Å². The van der Waals surface area contributed by atoms with Crippen molar-refractivity contribution < 1.29 is 9.53 Å². The molecule has 1 N–H and O–H groups in total. The van der Waals surface area contributed by atoms with Gasteiger partial charge >= 0.3 is 0 Å². The van der Waals surface area contributed by atoms with Crippen molar-refractivity contribution in [3.63, 3.8) is 0 Å². The molecule has 0 spiro atoms. The first kappa shape index (κ1) is 22.3. The molecule has 0 atom stereocenters. The van der Waals surface area contributed by atoms with E-state index in [0.717, 1.165) is 55.5 Å². The Morgan fingerprint density at radius 3 is 2.72 bits per heavy atom. The van der Waals surface area contributed by atoms with Crippen LogP contribution in [0.4, 0.5) is 5.69 Å². The van der Waals surface area contributed by atoms with Gasteiger partial charge in [0.15, 0.2) is 0 Å². The molecule has 1 fully saturated rings. The first-order valence-electron chi connectivity index (χ1n) is 11.0. The van der Waals surface area contributed by atoms with Crippen LogP contribution in [0.3, 0.4) is 0 Å². The number of aryl methyl sites for hydroxylation is 1. The molecule has 1 aliphatic heterocycles. The molecule has 1 aromatic heterocycles. The van der Waals surface area contributed by atoms with Gasteiger partial charge in [0.25, 0.3) is 5.91 Å². The van der Waals surface area contributed by atoms with Crippen LogP contribution in [0.25, 0.3) is 10.6 Å². The molecular formula is C25H30N4O2S. The van der Waals surface area contributed by atoms with E-state index in [9.17, 15) is 4.79 Å². The summed E-state index contributed by atoms with van der Waals surface area (Å²) in [5.41, 5.74) is 3.98. The summed E-state index contributed by atoms with van der Waals surface area (Å²) in [6.07, 6.45) is 0.930. The van der Waals surface area contributed by atoms with Gasteiger partial charge in [0, 0.05) is 43.8 Å². The molecule has 32 heavy (non-hydrogen) atoms. The minimum Gasteiger partial charge on any atom is -0.496 e. The van der Waals surface area contributed by atoms with Gasteiger partial charge in [-0.05, 0) is 49.7 Å². The molecule has 0 saturated carbocycles. The van der Waals surface area contributed by atoms with Crippen LogP contribution in [0, 0.1) is 6.92 Å². The van der Waals surface area contributed by atoms with Gasteiger partial charge in [-0.15, -0.1) is 11.3 Å². The maximum Gasteiger partial charge on any atom is 0.270 e. The number of rotatable bonds is 8. The van der Waals surface area contributed by atoms with Crippen molar-refractivity contribution in [1.29, 1.82) is 0 Å². The number of ether oxygens (including phenoxy) is 1. The fourth-order valence-electron chi connectivity index (χ4n) is 3.97. The van der Waals surface area contributed by atoms with Gasteiger partial charge in [-0.3, -0.25) is 9.69 Å². The quantitative estimate of drug-likeness (QED) is 0.525. The molecule has 1 amide bonds. The van der Waals surface area contributed by atoms with Crippen LogP contribution in [0.2, 0.25) is 0 Å². The van der Waals surface area contributed by atoms with Gasteiger partial charge < -0.3 is 15.0 Å². The first-order valence-corrected chi connectivity index (χ1v) is 11.9. The summed E-state index contributed by atoms with van der Waals surface area (Å²) in [7, 11) is 1.64. The van der Waals surface area contributed by atoms with Crippen LogP contribution in [0.1, 0.15) is 22.5 Å². The van der Waals surface area contributed by atoms with E-state index in [4.69, 9.17) is 4.74 Å². The van der Waals surface area contributed by atoms with E-state index in [1.54, 1.807) is 7.11 Å². The highest BCUT2D eigenvalue weighted by atomic mass is 32.1. The average Bonchev–Trinajstić information content (AvgIpc) is 3.32. The number of hydrogen-bond acceptors (Lipinski definition) is 6. The van der Waals surface area contributed by atoms with Gasteiger partial charge in [-0.2, -0.15) is 0 Å². The van der Waals surface area contributed by atoms with Gasteiger partial charge in [0.2, 0.25) is 0 Å². The summed E-state index contributed by atoms with van der Waals surface area (Å²) in [6.45, 7) is 7.97. The molecular weight excluding hydrogens is 420 g/mol. The van der Waals surface area contributed by atoms with Crippen LogP contribution in [0.15, 0.2) is 53.9 Å². The third-order valence-corrected chi connectivity index (χ3v) is 6.63. The molecule has 2 heterocycles. The Morgan fingerprint density at radius 1 is 1.12 bits per heavy atom. The number of thiazole rings is 1. The molecule has 0 radical (unpaired) electrons. The van der Waals surface area contributed by atoms with Gasteiger partial charge in [-0.25, -0.2) is 4.98 Å². The van der Waals surface area contributed by atoms with E-state index >= 15 is 0 Å². The zero-order valence-corrected chi connectivity index (χ0v) is 19.5. The molecule has 7 heteroatoms. The van der Waals surface area contributed by atoms with Crippen molar-refractivity contribution in [2.24, 2.45) is 0 Å². The van der Waals surface area contributed by atoms with E-state index in [1.165, 1.54) is 22.6 Å². The number of carbonyl (C=O) groups excluding carboxylic acids is 1. The lowest BCUT2D eigenvalue weighted by Gasteiger charge is -2.36. The Balaban J connectivity index is 1.20. The number of piperazine rings is 1. The van der Waals surface area contributed by atoms with E-state index in [0.29, 0.717) is 12.2 Å².